The Balaban J connectivity index is 2.79. The van der Waals surface area contributed by atoms with Crippen LogP contribution in [0.1, 0.15) is 46.5 Å². The van der Waals surface area contributed by atoms with E-state index in [1.165, 1.54) is 0 Å². The van der Waals surface area contributed by atoms with Gasteiger partial charge in [-0.25, -0.2) is 0 Å². The Hall–Kier alpha value is -0.570. The van der Waals surface area contributed by atoms with Crippen molar-refractivity contribution >= 4 is 5.91 Å². The van der Waals surface area contributed by atoms with Gasteiger partial charge in [-0.3, -0.25) is 4.79 Å². The first-order chi connectivity index (χ1) is 7.53. The van der Waals surface area contributed by atoms with Crippen molar-refractivity contribution in [3.63, 3.8) is 0 Å². The van der Waals surface area contributed by atoms with Gasteiger partial charge in [-0.15, -0.1) is 0 Å². The van der Waals surface area contributed by atoms with E-state index in [-0.39, 0.29) is 5.41 Å². The first-order valence-corrected chi connectivity index (χ1v) is 6.51. The van der Waals surface area contributed by atoms with E-state index in [2.05, 4.69) is 26.1 Å². The lowest BCUT2D eigenvalue weighted by Crippen LogP contribution is -2.52. The fourth-order valence-electron chi connectivity index (χ4n) is 2.56. The average molecular weight is 226 g/mol. The molecule has 0 aliphatic carbocycles. The molecule has 0 saturated carbocycles. The van der Waals surface area contributed by atoms with Crippen LogP contribution in [0, 0.1) is 5.41 Å². The third-order valence-electron chi connectivity index (χ3n) is 3.75. The zero-order valence-electron chi connectivity index (χ0n) is 11.2. The summed E-state index contributed by atoms with van der Waals surface area (Å²) in [4.78, 5) is 14.4. The van der Waals surface area contributed by atoms with Crippen LogP contribution in [-0.4, -0.2) is 37.0 Å². The second-order valence-corrected chi connectivity index (χ2v) is 5.32. The van der Waals surface area contributed by atoms with Crippen molar-refractivity contribution in [3.8, 4) is 0 Å². The number of nitrogens with one attached hydrogen (secondary N) is 1. The van der Waals surface area contributed by atoms with Gasteiger partial charge in [-0.1, -0.05) is 13.3 Å². The van der Waals surface area contributed by atoms with Crippen LogP contribution in [0.4, 0.5) is 0 Å². The van der Waals surface area contributed by atoms with E-state index in [9.17, 15) is 4.79 Å². The molecule has 1 aliphatic heterocycles. The van der Waals surface area contributed by atoms with Crippen molar-refractivity contribution < 1.29 is 4.79 Å². The zero-order valence-corrected chi connectivity index (χ0v) is 11.2. The molecule has 1 heterocycles. The summed E-state index contributed by atoms with van der Waals surface area (Å²) in [6.07, 6.45) is 4.26. The SMILES string of the molecule is CCCC1(C(=O)N(C)C(C)C)CCCNC1. The van der Waals surface area contributed by atoms with Crippen LogP contribution in [-0.2, 0) is 4.79 Å². The summed E-state index contributed by atoms with van der Waals surface area (Å²) in [7, 11) is 1.93. The van der Waals surface area contributed by atoms with Gasteiger partial charge in [0.25, 0.3) is 0 Å². The minimum atomic E-state index is -0.133. The maximum absolute atomic E-state index is 12.5. The fraction of sp³-hybridized carbons (Fsp3) is 0.923. The molecule has 0 aromatic heterocycles. The molecule has 1 amide bonds. The van der Waals surface area contributed by atoms with Crippen molar-refractivity contribution in [2.45, 2.75) is 52.5 Å². The van der Waals surface area contributed by atoms with Crippen LogP contribution in [0.2, 0.25) is 0 Å². The number of carbonyl (C=O) groups is 1. The molecule has 1 unspecified atom stereocenters. The number of hydrogen-bond acceptors (Lipinski definition) is 2. The summed E-state index contributed by atoms with van der Waals surface area (Å²) in [6.45, 7) is 8.24. The lowest BCUT2D eigenvalue weighted by molar-refractivity contribution is -0.144. The number of nitrogens with zero attached hydrogens (tertiary/aromatic N) is 1. The smallest absolute Gasteiger partial charge is 0.230 e. The summed E-state index contributed by atoms with van der Waals surface area (Å²) in [5.74, 6) is 0.330. The number of piperidine rings is 1. The van der Waals surface area contributed by atoms with Gasteiger partial charge in [0, 0.05) is 19.6 Å². The zero-order chi connectivity index (χ0) is 12.2. The molecule has 0 aromatic carbocycles. The van der Waals surface area contributed by atoms with Gasteiger partial charge in [0.2, 0.25) is 5.91 Å². The Morgan fingerprint density at radius 1 is 1.50 bits per heavy atom. The number of carbonyl (C=O) groups excluding carboxylic acids is 1. The first kappa shape index (κ1) is 13.5. The van der Waals surface area contributed by atoms with E-state index in [0.29, 0.717) is 11.9 Å². The van der Waals surface area contributed by atoms with E-state index in [1.807, 2.05) is 11.9 Å². The molecule has 1 aliphatic rings. The second kappa shape index (κ2) is 5.67. The average Bonchev–Trinajstić information content (AvgIpc) is 2.28. The van der Waals surface area contributed by atoms with Gasteiger partial charge in [0.15, 0.2) is 0 Å². The molecule has 16 heavy (non-hydrogen) atoms. The topological polar surface area (TPSA) is 32.3 Å². The van der Waals surface area contributed by atoms with Crippen molar-refractivity contribution in [2.75, 3.05) is 20.1 Å². The van der Waals surface area contributed by atoms with Gasteiger partial charge >= 0.3 is 0 Å². The van der Waals surface area contributed by atoms with Crippen LogP contribution in [0.15, 0.2) is 0 Å². The molecule has 1 atom stereocenters. The highest BCUT2D eigenvalue weighted by molar-refractivity contribution is 5.83. The van der Waals surface area contributed by atoms with Crippen LogP contribution < -0.4 is 5.32 Å². The lowest BCUT2D eigenvalue weighted by atomic mass is 9.75. The number of hydrogen-bond donors (Lipinski definition) is 1. The summed E-state index contributed by atoms with van der Waals surface area (Å²) in [5.41, 5.74) is -0.133. The van der Waals surface area contributed by atoms with E-state index < -0.39 is 0 Å². The molecule has 3 nitrogen and oxygen atoms in total. The molecule has 94 valence electrons. The molecule has 0 bridgehead atoms. The number of rotatable bonds is 4. The minimum absolute atomic E-state index is 0.133. The van der Waals surface area contributed by atoms with Gasteiger partial charge in [0.1, 0.15) is 0 Å². The summed E-state index contributed by atoms with van der Waals surface area (Å²) in [5, 5.41) is 3.39. The molecule has 1 saturated heterocycles. The van der Waals surface area contributed by atoms with Crippen molar-refractivity contribution in [1.29, 1.82) is 0 Å². The maximum Gasteiger partial charge on any atom is 0.230 e. The molecule has 1 N–H and O–H groups in total. The molecule has 0 aromatic rings. The van der Waals surface area contributed by atoms with Crippen molar-refractivity contribution in [3.05, 3.63) is 0 Å². The lowest BCUT2D eigenvalue weighted by Gasteiger charge is -2.40. The number of amides is 1. The Morgan fingerprint density at radius 3 is 2.62 bits per heavy atom. The normalized spacial score (nSPS) is 25.8. The molecular weight excluding hydrogens is 200 g/mol. The molecule has 1 fully saturated rings. The minimum Gasteiger partial charge on any atom is -0.343 e. The standard InChI is InChI=1S/C13H26N2O/c1-5-7-13(8-6-9-14-10-13)12(16)15(4)11(2)3/h11,14H,5-10H2,1-4H3. The fourth-order valence-corrected chi connectivity index (χ4v) is 2.56. The third kappa shape index (κ3) is 2.76. The Labute approximate surface area is 99.6 Å². The highest BCUT2D eigenvalue weighted by atomic mass is 16.2. The highest BCUT2D eigenvalue weighted by Crippen LogP contribution is 2.33. The monoisotopic (exact) mass is 226 g/mol. The van der Waals surface area contributed by atoms with E-state index in [1.54, 1.807) is 0 Å². The van der Waals surface area contributed by atoms with Crippen LogP contribution in [0.5, 0.6) is 0 Å². The van der Waals surface area contributed by atoms with Crippen LogP contribution >= 0.6 is 0 Å². The van der Waals surface area contributed by atoms with Gasteiger partial charge < -0.3 is 10.2 Å². The van der Waals surface area contributed by atoms with Crippen LogP contribution in [0.3, 0.4) is 0 Å². The quantitative estimate of drug-likeness (QED) is 0.795. The van der Waals surface area contributed by atoms with Gasteiger partial charge in [0.05, 0.1) is 5.41 Å². The predicted molar refractivity (Wildman–Crippen MR) is 67.4 cm³/mol. The Bertz CT molecular complexity index is 227. The second-order valence-electron chi connectivity index (χ2n) is 5.32. The van der Waals surface area contributed by atoms with Crippen molar-refractivity contribution in [2.24, 2.45) is 5.41 Å². The third-order valence-corrected chi connectivity index (χ3v) is 3.75. The first-order valence-electron chi connectivity index (χ1n) is 6.51. The van der Waals surface area contributed by atoms with Gasteiger partial charge in [-0.2, -0.15) is 0 Å². The summed E-state index contributed by atoms with van der Waals surface area (Å²) in [6, 6.07) is 0.295. The predicted octanol–water partition coefficient (Wildman–Crippen LogP) is 2.02. The molecule has 0 spiro atoms. The van der Waals surface area contributed by atoms with Crippen LogP contribution in [0.25, 0.3) is 0 Å². The van der Waals surface area contributed by atoms with E-state index in [0.717, 1.165) is 38.8 Å². The molecule has 0 radical (unpaired) electrons. The molecule has 1 rings (SSSR count). The van der Waals surface area contributed by atoms with Crippen molar-refractivity contribution in [1.82, 2.24) is 10.2 Å². The maximum atomic E-state index is 12.5. The Kier molecular flexibility index (Phi) is 4.78. The highest BCUT2D eigenvalue weighted by Gasteiger charge is 2.40. The largest absolute Gasteiger partial charge is 0.343 e. The molecule has 3 heteroatoms. The summed E-state index contributed by atoms with van der Waals surface area (Å²) >= 11 is 0. The van der Waals surface area contributed by atoms with E-state index in [4.69, 9.17) is 0 Å². The summed E-state index contributed by atoms with van der Waals surface area (Å²) < 4.78 is 0. The van der Waals surface area contributed by atoms with Gasteiger partial charge in [-0.05, 0) is 39.7 Å². The molecular formula is C13H26N2O. The Morgan fingerprint density at radius 2 is 2.19 bits per heavy atom. The van der Waals surface area contributed by atoms with E-state index >= 15 is 0 Å².